The van der Waals surface area contributed by atoms with E-state index in [-0.39, 0.29) is 23.7 Å². The standard InChI is InChI=1S/C7H13NO.ClH/c1-5-3-4-7(5,2)6(8)9;/h5H,3-4H2,1-2H3,(H2,8,9);1H. The minimum atomic E-state index is -0.181. The molecule has 0 aromatic carbocycles. The molecule has 0 saturated heterocycles. The normalized spacial score (nSPS) is 37.6. The first kappa shape index (κ1) is 9.76. The number of carbonyl (C=O) groups is 1. The highest BCUT2D eigenvalue weighted by Gasteiger charge is 2.44. The lowest BCUT2D eigenvalue weighted by Crippen LogP contribution is -2.46. The summed E-state index contributed by atoms with van der Waals surface area (Å²) in [6.07, 6.45) is 2.13. The highest BCUT2D eigenvalue weighted by atomic mass is 35.5. The molecule has 0 aromatic rings. The molecule has 2 nitrogen and oxygen atoms in total. The molecule has 10 heavy (non-hydrogen) atoms. The molecule has 1 aliphatic rings. The van der Waals surface area contributed by atoms with Crippen LogP contribution in [-0.4, -0.2) is 5.91 Å². The first-order valence-corrected chi connectivity index (χ1v) is 3.37. The Balaban J connectivity index is 0.000000810. The van der Waals surface area contributed by atoms with Crippen LogP contribution in [-0.2, 0) is 4.79 Å². The quantitative estimate of drug-likeness (QED) is 0.623. The number of nitrogens with two attached hydrogens (primary N) is 1. The molecule has 1 aliphatic carbocycles. The van der Waals surface area contributed by atoms with E-state index in [1.165, 1.54) is 0 Å². The molecule has 2 unspecified atom stereocenters. The molecular formula is C7H14ClNO. The molecule has 0 heterocycles. The van der Waals surface area contributed by atoms with Crippen LogP contribution >= 0.6 is 12.4 Å². The summed E-state index contributed by atoms with van der Waals surface area (Å²) in [4.78, 5) is 10.7. The summed E-state index contributed by atoms with van der Waals surface area (Å²) in [5.41, 5.74) is 5.00. The molecule has 2 N–H and O–H groups in total. The van der Waals surface area contributed by atoms with Crippen LogP contribution in [0.2, 0.25) is 0 Å². The van der Waals surface area contributed by atoms with Gasteiger partial charge in [-0.25, -0.2) is 0 Å². The van der Waals surface area contributed by atoms with Crippen LogP contribution < -0.4 is 5.73 Å². The summed E-state index contributed by atoms with van der Waals surface area (Å²) in [5, 5.41) is 0. The van der Waals surface area contributed by atoms with Crippen molar-refractivity contribution in [3.63, 3.8) is 0 Å². The Bertz CT molecular complexity index is 149. The molecule has 0 aliphatic heterocycles. The van der Waals surface area contributed by atoms with Gasteiger partial charge >= 0.3 is 0 Å². The first-order chi connectivity index (χ1) is 4.07. The zero-order valence-electron chi connectivity index (χ0n) is 6.39. The van der Waals surface area contributed by atoms with Gasteiger partial charge in [0.1, 0.15) is 0 Å². The molecule has 2 atom stereocenters. The van der Waals surface area contributed by atoms with E-state index in [2.05, 4.69) is 6.92 Å². The summed E-state index contributed by atoms with van der Waals surface area (Å²) < 4.78 is 0. The van der Waals surface area contributed by atoms with Gasteiger partial charge in [-0.3, -0.25) is 4.79 Å². The van der Waals surface area contributed by atoms with E-state index < -0.39 is 0 Å². The monoisotopic (exact) mass is 163 g/mol. The van der Waals surface area contributed by atoms with Crippen molar-refractivity contribution in [2.75, 3.05) is 0 Å². The summed E-state index contributed by atoms with van der Waals surface area (Å²) in [7, 11) is 0. The summed E-state index contributed by atoms with van der Waals surface area (Å²) >= 11 is 0. The van der Waals surface area contributed by atoms with Crippen molar-refractivity contribution in [2.45, 2.75) is 26.7 Å². The topological polar surface area (TPSA) is 43.1 Å². The van der Waals surface area contributed by atoms with E-state index in [1.807, 2.05) is 6.92 Å². The third-order valence-corrected chi connectivity index (χ3v) is 2.75. The average molecular weight is 164 g/mol. The van der Waals surface area contributed by atoms with Gasteiger partial charge in [-0.15, -0.1) is 12.4 Å². The van der Waals surface area contributed by atoms with Crippen molar-refractivity contribution in [2.24, 2.45) is 17.1 Å². The van der Waals surface area contributed by atoms with Crippen LogP contribution in [0.15, 0.2) is 0 Å². The Labute approximate surface area is 67.6 Å². The van der Waals surface area contributed by atoms with Crippen LogP contribution in [0.25, 0.3) is 0 Å². The fourth-order valence-electron chi connectivity index (χ4n) is 1.23. The number of hydrogen-bond donors (Lipinski definition) is 1. The van der Waals surface area contributed by atoms with E-state index in [0.29, 0.717) is 5.92 Å². The second-order valence-electron chi connectivity index (χ2n) is 3.22. The van der Waals surface area contributed by atoms with Gasteiger partial charge in [0.2, 0.25) is 5.91 Å². The van der Waals surface area contributed by atoms with Gasteiger partial charge in [0.15, 0.2) is 0 Å². The Hall–Kier alpha value is -0.240. The van der Waals surface area contributed by atoms with Crippen molar-refractivity contribution in [1.29, 1.82) is 0 Å². The van der Waals surface area contributed by atoms with Gasteiger partial charge in [0.05, 0.1) is 0 Å². The third-order valence-electron chi connectivity index (χ3n) is 2.75. The molecule has 0 bridgehead atoms. The first-order valence-electron chi connectivity index (χ1n) is 3.37. The number of hydrogen-bond acceptors (Lipinski definition) is 1. The molecule has 1 rings (SSSR count). The Morgan fingerprint density at radius 2 is 2.20 bits per heavy atom. The van der Waals surface area contributed by atoms with Crippen molar-refractivity contribution in [3.8, 4) is 0 Å². The van der Waals surface area contributed by atoms with E-state index in [0.717, 1.165) is 12.8 Å². The summed E-state index contributed by atoms with van der Waals surface area (Å²) in [6, 6.07) is 0. The maximum Gasteiger partial charge on any atom is 0.223 e. The SMILES string of the molecule is CC1CCC1(C)C(N)=O.Cl. The second kappa shape index (κ2) is 2.79. The van der Waals surface area contributed by atoms with Gasteiger partial charge in [-0.1, -0.05) is 13.8 Å². The van der Waals surface area contributed by atoms with Crippen molar-refractivity contribution >= 4 is 18.3 Å². The van der Waals surface area contributed by atoms with Gasteiger partial charge in [0.25, 0.3) is 0 Å². The van der Waals surface area contributed by atoms with E-state index in [9.17, 15) is 4.79 Å². The van der Waals surface area contributed by atoms with Gasteiger partial charge in [-0.2, -0.15) is 0 Å². The number of rotatable bonds is 1. The predicted molar refractivity (Wildman–Crippen MR) is 42.9 cm³/mol. The second-order valence-corrected chi connectivity index (χ2v) is 3.22. The average Bonchev–Trinajstić information content (AvgIpc) is 1.82. The Morgan fingerprint density at radius 1 is 1.70 bits per heavy atom. The Kier molecular flexibility index (Phi) is 2.72. The van der Waals surface area contributed by atoms with Crippen LogP contribution in [0.5, 0.6) is 0 Å². The number of halogens is 1. The number of primary amides is 1. The zero-order valence-corrected chi connectivity index (χ0v) is 7.20. The van der Waals surface area contributed by atoms with Crippen LogP contribution in [0, 0.1) is 11.3 Å². The zero-order chi connectivity index (χ0) is 7.07. The van der Waals surface area contributed by atoms with Crippen molar-refractivity contribution in [3.05, 3.63) is 0 Å². The summed E-state index contributed by atoms with van der Waals surface area (Å²) in [6.45, 7) is 4.03. The molecular weight excluding hydrogens is 150 g/mol. The smallest absolute Gasteiger partial charge is 0.223 e. The minimum absolute atomic E-state index is 0. The van der Waals surface area contributed by atoms with Crippen LogP contribution in [0.3, 0.4) is 0 Å². The minimum Gasteiger partial charge on any atom is -0.369 e. The van der Waals surface area contributed by atoms with Gasteiger partial charge < -0.3 is 5.73 Å². The van der Waals surface area contributed by atoms with Gasteiger partial charge in [0, 0.05) is 5.41 Å². The molecule has 0 radical (unpaired) electrons. The highest BCUT2D eigenvalue weighted by molar-refractivity contribution is 5.85. The maximum absolute atomic E-state index is 10.7. The number of carbonyl (C=O) groups excluding carboxylic acids is 1. The predicted octanol–water partition coefficient (Wildman–Crippen LogP) is 1.33. The van der Waals surface area contributed by atoms with E-state index in [1.54, 1.807) is 0 Å². The molecule has 1 saturated carbocycles. The third kappa shape index (κ3) is 1.12. The maximum atomic E-state index is 10.7. The van der Waals surface area contributed by atoms with E-state index in [4.69, 9.17) is 5.73 Å². The lowest BCUT2D eigenvalue weighted by molar-refractivity contribution is -0.135. The largest absolute Gasteiger partial charge is 0.369 e. The lowest BCUT2D eigenvalue weighted by Gasteiger charge is -2.42. The summed E-state index contributed by atoms with van der Waals surface area (Å²) in [5.74, 6) is 0.358. The van der Waals surface area contributed by atoms with Crippen LogP contribution in [0.1, 0.15) is 26.7 Å². The lowest BCUT2D eigenvalue weighted by atomic mass is 9.62. The van der Waals surface area contributed by atoms with E-state index >= 15 is 0 Å². The fraction of sp³-hybridized carbons (Fsp3) is 0.857. The Morgan fingerprint density at radius 3 is 2.20 bits per heavy atom. The molecule has 3 heteroatoms. The van der Waals surface area contributed by atoms with Crippen molar-refractivity contribution < 1.29 is 4.79 Å². The van der Waals surface area contributed by atoms with Gasteiger partial charge in [-0.05, 0) is 18.8 Å². The fourth-order valence-corrected chi connectivity index (χ4v) is 1.23. The molecule has 1 fully saturated rings. The number of amides is 1. The highest BCUT2D eigenvalue weighted by Crippen LogP contribution is 2.45. The molecule has 0 spiro atoms. The molecule has 60 valence electrons. The molecule has 0 aromatic heterocycles. The molecule has 1 amide bonds. The van der Waals surface area contributed by atoms with Crippen molar-refractivity contribution in [1.82, 2.24) is 0 Å². The van der Waals surface area contributed by atoms with Crippen LogP contribution in [0.4, 0.5) is 0 Å².